The van der Waals surface area contributed by atoms with Crippen LogP contribution < -0.4 is 5.32 Å². The Morgan fingerprint density at radius 3 is 2.60 bits per heavy atom. The summed E-state index contributed by atoms with van der Waals surface area (Å²) in [5.41, 5.74) is 0. The van der Waals surface area contributed by atoms with Gasteiger partial charge in [-0.15, -0.1) is 0 Å². The third-order valence-electron chi connectivity index (χ3n) is 4.81. The molecule has 1 amide bonds. The van der Waals surface area contributed by atoms with Crippen LogP contribution in [0.2, 0.25) is 0 Å². The Morgan fingerprint density at radius 2 is 2.00 bits per heavy atom. The van der Waals surface area contributed by atoms with Gasteiger partial charge in [-0.3, -0.25) is 4.79 Å². The zero-order valence-electron chi connectivity index (χ0n) is 13.0. The van der Waals surface area contributed by atoms with E-state index in [1.807, 2.05) is 18.7 Å². The van der Waals surface area contributed by atoms with Crippen molar-refractivity contribution in [2.75, 3.05) is 13.1 Å². The second kappa shape index (κ2) is 7.41. The Morgan fingerprint density at radius 1 is 1.30 bits per heavy atom. The highest BCUT2D eigenvalue weighted by Crippen LogP contribution is 2.24. The Kier molecular flexibility index (Phi) is 5.85. The summed E-state index contributed by atoms with van der Waals surface area (Å²) in [5.74, 6) is 0.458. The summed E-state index contributed by atoms with van der Waals surface area (Å²) in [5, 5.41) is 13.6. The quantitative estimate of drug-likeness (QED) is 0.810. The highest BCUT2D eigenvalue weighted by atomic mass is 16.3. The molecule has 1 heterocycles. The molecule has 3 unspecified atom stereocenters. The van der Waals surface area contributed by atoms with Gasteiger partial charge in [0, 0.05) is 37.5 Å². The molecule has 0 bridgehead atoms. The molecule has 1 aliphatic heterocycles. The first-order chi connectivity index (χ1) is 9.60. The van der Waals surface area contributed by atoms with E-state index >= 15 is 0 Å². The van der Waals surface area contributed by atoms with Gasteiger partial charge in [-0.25, -0.2) is 0 Å². The van der Waals surface area contributed by atoms with Gasteiger partial charge in [0.15, 0.2) is 0 Å². The molecular formula is C16H30N2O2. The molecule has 0 radical (unpaired) electrons. The smallest absolute Gasteiger partial charge is 0.222 e. The van der Waals surface area contributed by atoms with Crippen LogP contribution in [-0.4, -0.2) is 47.2 Å². The fourth-order valence-electron chi connectivity index (χ4n) is 3.61. The van der Waals surface area contributed by atoms with Crippen LogP contribution >= 0.6 is 0 Å². The molecule has 2 fully saturated rings. The summed E-state index contributed by atoms with van der Waals surface area (Å²) in [4.78, 5) is 14.1. The Bertz CT molecular complexity index is 312. The second-order valence-corrected chi connectivity index (χ2v) is 6.63. The predicted molar refractivity (Wildman–Crippen MR) is 80.5 cm³/mol. The molecule has 2 aliphatic rings. The van der Waals surface area contributed by atoms with Gasteiger partial charge >= 0.3 is 0 Å². The standard InChI is InChI=1S/C16H30N2O2/c1-3-6-16(20)18-10-13(12(2)19)9-15(11-18)17-14-7-4-5-8-14/h12-15,17,19H,3-11H2,1-2H3. The number of rotatable bonds is 5. The third kappa shape index (κ3) is 4.19. The van der Waals surface area contributed by atoms with Crippen LogP contribution in [0.3, 0.4) is 0 Å². The van der Waals surface area contributed by atoms with Crippen molar-refractivity contribution in [2.24, 2.45) is 5.92 Å². The molecule has 0 spiro atoms. The highest BCUT2D eigenvalue weighted by molar-refractivity contribution is 5.76. The van der Waals surface area contributed by atoms with Gasteiger partial charge in [-0.2, -0.15) is 0 Å². The fourth-order valence-corrected chi connectivity index (χ4v) is 3.61. The monoisotopic (exact) mass is 282 g/mol. The van der Waals surface area contributed by atoms with Gasteiger partial charge < -0.3 is 15.3 Å². The van der Waals surface area contributed by atoms with E-state index in [0.29, 0.717) is 18.5 Å². The Hall–Kier alpha value is -0.610. The largest absolute Gasteiger partial charge is 0.393 e. The SMILES string of the molecule is CCCC(=O)N1CC(NC2CCCC2)CC(C(C)O)C1. The number of hydrogen-bond donors (Lipinski definition) is 2. The number of nitrogens with one attached hydrogen (secondary N) is 1. The maximum atomic E-state index is 12.2. The lowest BCUT2D eigenvalue weighted by atomic mass is 9.89. The minimum Gasteiger partial charge on any atom is -0.393 e. The maximum Gasteiger partial charge on any atom is 0.222 e. The first kappa shape index (κ1) is 15.8. The summed E-state index contributed by atoms with van der Waals surface area (Å²) in [6.45, 7) is 5.44. The summed E-state index contributed by atoms with van der Waals surface area (Å²) in [7, 11) is 0. The number of nitrogens with zero attached hydrogens (tertiary/aromatic N) is 1. The topological polar surface area (TPSA) is 52.6 Å². The highest BCUT2D eigenvalue weighted by Gasteiger charge is 2.33. The zero-order valence-corrected chi connectivity index (χ0v) is 13.0. The van der Waals surface area contributed by atoms with Gasteiger partial charge in [0.1, 0.15) is 0 Å². The van der Waals surface area contributed by atoms with Crippen molar-refractivity contribution in [2.45, 2.75) is 77.0 Å². The Balaban J connectivity index is 1.94. The van der Waals surface area contributed by atoms with Crippen LogP contribution in [0.5, 0.6) is 0 Å². The van der Waals surface area contributed by atoms with Gasteiger partial charge in [0.05, 0.1) is 6.10 Å². The average molecular weight is 282 g/mol. The van der Waals surface area contributed by atoms with E-state index in [4.69, 9.17) is 0 Å². The summed E-state index contributed by atoms with van der Waals surface area (Å²) in [6, 6.07) is 0.975. The minimum atomic E-state index is -0.333. The van der Waals surface area contributed by atoms with Crippen LogP contribution in [0.4, 0.5) is 0 Å². The first-order valence-corrected chi connectivity index (χ1v) is 8.32. The summed E-state index contributed by atoms with van der Waals surface area (Å²) >= 11 is 0. The molecule has 20 heavy (non-hydrogen) atoms. The lowest BCUT2D eigenvalue weighted by Gasteiger charge is -2.40. The van der Waals surface area contributed by atoms with Gasteiger partial charge in [0.2, 0.25) is 5.91 Å². The first-order valence-electron chi connectivity index (χ1n) is 8.32. The molecule has 4 heteroatoms. The number of carbonyl (C=O) groups is 1. The van der Waals surface area contributed by atoms with Crippen LogP contribution in [0.15, 0.2) is 0 Å². The van der Waals surface area contributed by atoms with Crippen LogP contribution in [0, 0.1) is 5.92 Å². The van der Waals surface area contributed by atoms with Crippen molar-refractivity contribution in [3.05, 3.63) is 0 Å². The van der Waals surface area contributed by atoms with E-state index in [-0.39, 0.29) is 17.9 Å². The third-order valence-corrected chi connectivity index (χ3v) is 4.81. The van der Waals surface area contributed by atoms with Crippen molar-refractivity contribution in [3.63, 3.8) is 0 Å². The summed E-state index contributed by atoms with van der Waals surface area (Å²) in [6.07, 6.45) is 7.35. The summed E-state index contributed by atoms with van der Waals surface area (Å²) < 4.78 is 0. The minimum absolute atomic E-state index is 0.212. The Labute approximate surface area is 122 Å². The van der Waals surface area contributed by atoms with Crippen LogP contribution in [-0.2, 0) is 4.79 Å². The molecule has 0 aromatic rings. The molecule has 1 saturated heterocycles. The van der Waals surface area contributed by atoms with Gasteiger partial charge in [0.25, 0.3) is 0 Å². The van der Waals surface area contributed by atoms with Crippen molar-refractivity contribution < 1.29 is 9.90 Å². The number of carbonyl (C=O) groups excluding carboxylic acids is 1. The lowest BCUT2D eigenvalue weighted by molar-refractivity contribution is -0.134. The average Bonchev–Trinajstić information content (AvgIpc) is 2.91. The van der Waals surface area contributed by atoms with Crippen molar-refractivity contribution in [1.29, 1.82) is 0 Å². The number of amides is 1. The molecule has 1 aliphatic carbocycles. The van der Waals surface area contributed by atoms with Crippen LogP contribution in [0.25, 0.3) is 0 Å². The molecule has 0 aromatic carbocycles. The zero-order chi connectivity index (χ0) is 14.5. The van der Waals surface area contributed by atoms with Crippen molar-refractivity contribution in [3.8, 4) is 0 Å². The lowest BCUT2D eigenvalue weighted by Crippen LogP contribution is -2.54. The molecule has 1 saturated carbocycles. The normalized spacial score (nSPS) is 29.6. The van der Waals surface area contributed by atoms with E-state index in [1.165, 1.54) is 25.7 Å². The van der Waals surface area contributed by atoms with Crippen molar-refractivity contribution in [1.82, 2.24) is 10.2 Å². The van der Waals surface area contributed by atoms with Crippen LogP contribution in [0.1, 0.15) is 58.8 Å². The number of aliphatic hydroxyl groups excluding tert-OH is 1. The predicted octanol–water partition coefficient (Wildman–Crippen LogP) is 1.92. The van der Waals surface area contributed by atoms with E-state index in [1.54, 1.807) is 0 Å². The molecule has 0 aromatic heterocycles. The number of likely N-dealkylation sites (tertiary alicyclic amines) is 1. The van der Waals surface area contributed by atoms with Crippen molar-refractivity contribution >= 4 is 5.91 Å². The number of piperidine rings is 1. The van der Waals surface area contributed by atoms with Gasteiger partial charge in [-0.1, -0.05) is 19.8 Å². The van der Waals surface area contributed by atoms with Gasteiger partial charge in [-0.05, 0) is 32.6 Å². The molecule has 2 N–H and O–H groups in total. The molecule has 116 valence electrons. The molecule has 2 rings (SSSR count). The molecule has 4 nitrogen and oxygen atoms in total. The molecule has 3 atom stereocenters. The van der Waals surface area contributed by atoms with E-state index in [2.05, 4.69) is 5.32 Å². The van der Waals surface area contributed by atoms with E-state index < -0.39 is 0 Å². The number of hydrogen-bond acceptors (Lipinski definition) is 3. The molecular weight excluding hydrogens is 252 g/mol. The maximum absolute atomic E-state index is 12.2. The van der Waals surface area contributed by atoms with E-state index in [9.17, 15) is 9.90 Å². The fraction of sp³-hybridized carbons (Fsp3) is 0.938. The number of aliphatic hydroxyl groups is 1. The van der Waals surface area contributed by atoms with E-state index in [0.717, 1.165) is 25.9 Å². The second-order valence-electron chi connectivity index (χ2n) is 6.63.